The van der Waals surface area contributed by atoms with Crippen molar-refractivity contribution in [2.45, 2.75) is 32.1 Å². The third kappa shape index (κ3) is 6.75. The van der Waals surface area contributed by atoms with Gasteiger partial charge < -0.3 is 9.84 Å². The van der Waals surface area contributed by atoms with E-state index in [0.717, 1.165) is 48.9 Å². The van der Waals surface area contributed by atoms with Gasteiger partial charge in [0.05, 0.1) is 24.2 Å². The maximum Gasteiger partial charge on any atom is 0.303 e. The molecule has 0 aliphatic carbocycles. The van der Waals surface area contributed by atoms with Crippen molar-refractivity contribution in [2.75, 3.05) is 26.7 Å². The quantitative estimate of drug-likeness (QED) is 0.388. The SMILES string of the molecule is COc1ccc2nccc(CCC[C@@H]3CCN(CC#Cc4ccc(F)c(Cl)c4)C[C@@H]3CC(=O)O)c2c1. The zero-order valence-electron chi connectivity index (χ0n) is 20.3. The van der Waals surface area contributed by atoms with E-state index in [4.69, 9.17) is 16.3 Å². The van der Waals surface area contributed by atoms with Crippen molar-refractivity contribution < 1.29 is 19.0 Å². The number of ether oxygens (including phenoxy) is 1. The standard InChI is InChI=1S/C29H30ClFN2O3/c1-36-24-8-10-28-25(18-24)22(11-13-32-28)6-2-5-21-12-15-33(19-23(21)17-29(34)35)14-3-4-20-7-9-27(31)26(30)16-20/h7-11,13,16,18,21,23H,2,5-6,12,14-15,17,19H2,1H3,(H,34,35)/t21-,23+/m1/s1. The molecular weight excluding hydrogens is 479 g/mol. The summed E-state index contributed by atoms with van der Waals surface area (Å²) in [6, 6.07) is 12.4. The molecule has 36 heavy (non-hydrogen) atoms. The van der Waals surface area contributed by atoms with E-state index in [-0.39, 0.29) is 17.4 Å². The fourth-order valence-corrected chi connectivity index (χ4v) is 5.23. The summed E-state index contributed by atoms with van der Waals surface area (Å²) in [5.41, 5.74) is 2.86. The minimum Gasteiger partial charge on any atom is -0.497 e. The van der Waals surface area contributed by atoms with Crippen LogP contribution < -0.4 is 4.74 Å². The summed E-state index contributed by atoms with van der Waals surface area (Å²) < 4.78 is 18.7. The Morgan fingerprint density at radius 2 is 2.11 bits per heavy atom. The van der Waals surface area contributed by atoms with Crippen LogP contribution in [0.5, 0.6) is 5.75 Å². The number of carboxylic acids is 1. The zero-order valence-corrected chi connectivity index (χ0v) is 21.1. The van der Waals surface area contributed by atoms with Gasteiger partial charge in [-0.3, -0.25) is 14.7 Å². The lowest BCUT2D eigenvalue weighted by Crippen LogP contribution is -2.41. The number of benzene rings is 2. The summed E-state index contributed by atoms with van der Waals surface area (Å²) in [6.07, 6.45) is 5.85. The van der Waals surface area contributed by atoms with E-state index >= 15 is 0 Å². The predicted octanol–water partition coefficient (Wildman–Crippen LogP) is 5.82. The average Bonchev–Trinajstić information content (AvgIpc) is 2.87. The Morgan fingerprint density at radius 3 is 2.89 bits per heavy atom. The van der Waals surface area contributed by atoms with E-state index in [1.54, 1.807) is 13.2 Å². The molecule has 1 fully saturated rings. The molecule has 7 heteroatoms. The van der Waals surface area contributed by atoms with E-state index in [2.05, 4.69) is 27.8 Å². The van der Waals surface area contributed by atoms with Gasteiger partial charge in [-0.05, 0) is 92.1 Å². The monoisotopic (exact) mass is 508 g/mol. The summed E-state index contributed by atoms with van der Waals surface area (Å²) in [6.45, 7) is 2.14. The highest BCUT2D eigenvalue weighted by atomic mass is 35.5. The number of hydrogen-bond donors (Lipinski definition) is 1. The second-order valence-corrected chi connectivity index (χ2v) is 9.73. The number of hydrogen-bond acceptors (Lipinski definition) is 4. The minimum absolute atomic E-state index is 0.0584. The van der Waals surface area contributed by atoms with E-state index in [1.807, 2.05) is 24.4 Å². The number of aryl methyl sites for hydroxylation is 1. The lowest BCUT2D eigenvalue weighted by atomic mass is 9.80. The van der Waals surface area contributed by atoms with Gasteiger partial charge in [-0.1, -0.05) is 23.4 Å². The third-order valence-electron chi connectivity index (χ3n) is 6.93. The normalized spacial score (nSPS) is 18.0. The van der Waals surface area contributed by atoms with Gasteiger partial charge in [0.15, 0.2) is 0 Å². The van der Waals surface area contributed by atoms with E-state index < -0.39 is 11.8 Å². The fraction of sp³-hybridized carbons (Fsp3) is 0.379. The Hall–Kier alpha value is -3.14. The molecule has 0 spiro atoms. The highest BCUT2D eigenvalue weighted by Gasteiger charge is 2.30. The number of pyridine rings is 1. The highest BCUT2D eigenvalue weighted by Crippen LogP contribution is 2.31. The molecule has 0 saturated carbocycles. The smallest absolute Gasteiger partial charge is 0.303 e. The molecular formula is C29H30ClFN2O3. The molecule has 188 valence electrons. The van der Waals surface area contributed by atoms with E-state index in [1.165, 1.54) is 17.7 Å². The molecule has 0 amide bonds. The van der Waals surface area contributed by atoms with Crippen LogP contribution in [0.1, 0.15) is 36.8 Å². The highest BCUT2D eigenvalue weighted by molar-refractivity contribution is 6.30. The second-order valence-electron chi connectivity index (χ2n) is 9.32. The number of rotatable bonds is 8. The first-order valence-electron chi connectivity index (χ1n) is 12.2. The number of methoxy groups -OCH3 is 1. The Kier molecular flexibility index (Phi) is 8.79. The van der Waals surface area contributed by atoms with Crippen molar-refractivity contribution in [3.63, 3.8) is 0 Å². The van der Waals surface area contributed by atoms with Crippen LogP contribution in [-0.4, -0.2) is 47.7 Å². The van der Waals surface area contributed by atoms with Crippen molar-refractivity contribution in [3.8, 4) is 17.6 Å². The molecule has 2 aromatic carbocycles. The first-order chi connectivity index (χ1) is 17.4. The topological polar surface area (TPSA) is 62.7 Å². The van der Waals surface area contributed by atoms with Crippen molar-refractivity contribution in [1.82, 2.24) is 9.88 Å². The maximum absolute atomic E-state index is 13.3. The van der Waals surface area contributed by atoms with Gasteiger partial charge in [-0.25, -0.2) is 4.39 Å². The Morgan fingerprint density at radius 1 is 1.25 bits per heavy atom. The van der Waals surface area contributed by atoms with Crippen LogP contribution in [-0.2, 0) is 11.2 Å². The van der Waals surface area contributed by atoms with Crippen molar-refractivity contribution in [2.24, 2.45) is 11.8 Å². The number of carbonyl (C=O) groups is 1. The predicted molar refractivity (Wildman–Crippen MR) is 140 cm³/mol. The number of nitrogens with zero attached hydrogens (tertiary/aromatic N) is 2. The molecule has 0 unspecified atom stereocenters. The number of halogens is 2. The molecule has 1 N–H and O–H groups in total. The van der Waals surface area contributed by atoms with Gasteiger partial charge in [0.1, 0.15) is 11.6 Å². The van der Waals surface area contributed by atoms with Crippen molar-refractivity contribution >= 4 is 28.5 Å². The van der Waals surface area contributed by atoms with Crippen LogP contribution in [0.15, 0.2) is 48.7 Å². The summed E-state index contributed by atoms with van der Waals surface area (Å²) in [5.74, 6) is 6.21. The van der Waals surface area contributed by atoms with Gasteiger partial charge in [0, 0.05) is 30.1 Å². The first kappa shape index (κ1) is 25.9. The Balaban J connectivity index is 1.35. The lowest BCUT2D eigenvalue weighted by Gasteiger charge is -2.37. The zero-order chi connectivity index (χ0) is 25.5. The van der Waals surface area contributed by atoms with Gasteiger partial charge in [-0.2, -0.15) is 0 Å². The molecule has 1 aliphatic rings. The number of likely N-dealkylation sites (tertiary alicyclic amines) is 1. The molecule has 4 rings (SSSR count). The molecule has 3 aromatic rings. The van der Waals surface area contributed by atoms with Crippen LogP contribution in [0.2, 0.25) is 5.02 Å². The lowest BCUT2D eigenvalue weighted by molar-refractivity contribution is -0.139. The van der Waals surface area contributed by atoms with Crippen LogP contribution >= 0.6 is 11.6 Å². The summed E-state index contributed by atoms with van der Waals surface area (Å²) in [4.78, 5) is 18.2. The van der Waals surface area contributed by atoms with E-state index in [0.29, 0.717) is 24.6 Å². The van der Waals surface area contributed by atoms with Crippen LogP contribution in [0.4, 0.5) is 4.39 Å². The molecule has 1 aromatic heterocycles. The molecule has 1 saturated heterocycles. The van der Waals surface area contributed by atoms with Crippen molar-refractivity contribution in [3.05, 3.63) is 70.6 Å². The molecule has 5 nitrogen and oxygen atoms in total. The molecule has 2 atom stereocenters. The number of carboxylic acid groups (broad SMARTS) is 1. The van der Waals surface area contributed by atoms with Crippen LogP contribution in [0.3, 0.4) is 0 Å². The Bertz CT molecular complexity index is 1290. The summed E-state index contributed by atoms with van der Waals surface area (Å²) >= 11 is 5.83. The fourth-order valence-electron chi connectivity index (χ4n) is 5.04. The van der Waals surface area contributed by atoms with Crippen LogP contribution in [0.25, 0.3) is 10.9 Å². The number of aliphatic carboxylic acids is 1. The molecule has 0 radical (unpaired) electrons. The number of piperidine rings is 1. The maximum atomic E-state index is 13.3. The van der Waals surface area contributed by atoms with Gasteiger partial charge in [-0.15, -0.1) is 0 Å². The average molecular weight is 509 g/mol. The number of aromatic nitrogens is 1. The van der Waals surface area contributed by atoms with Gasteiger partial charge in [0.2, 0.25) is 0 Å². The minimum atomic E-state index is -0.758. The Labute approximate surface area is 216 Å². The van der Waals surface area contributed by atoms with Gasteiger partial charge >= 0.3 is 5.97 Å². The second kappa shape index (κ2) is 12.2. The number of fused-ring (bicyclic) bond motifs is 1. The van der Waals surface area contributed by atoms with Crippen molar-refractivity contribution in [1.29, 1.82) is 0 Å². The summed E-state index contributed by atoms with van der Waals surface area (Å²) in [5, 5.41) is 10.7. The van der Waals surface area contributed by atoms with E-state index in [9.17, 15) is 14.3 Å². The molecule has 1 aliphatic heterocycles. The molecule has 0 bridgehead atoms. The summed E-state index contributed by atoms with van der Waals surface area (Å²) in [7, 11) is 1.66. The molecule has 2 heterocycles. The van der Waals surface area contributed by atoms with Crippen LogP contribution in [0, 0.1) is 29.5 Å². The third-order valence-corrected chi connectivity index (χ3v) is 7.22. The largest absolute Gasteiger partial charge is 0.497 e. The first-order valence-corrected chi connectivity index (χ1v) is 12.6. The van der Waals surface area contributed by atoms with Gasteiger partial charge in [0.25, 0.3) is 0 Å².